The quantitative estimate of drug-likeness (QED) is 0.870. The molecule has 1 aromatic heterocycles. The average Bonchev–Trinajstić information content (AvgIpc) is 2.34. The first-order chi connectivity index (χ1) is 9.56. The maximum Gasteiger partial charge on any atom is 0.229 e. The van der Waals surface area contributed by atoms with Gasteiger partial charge in [-0.1, -0.05) is 20.8 Å². The minimum Gasteiger partial charge on any atom is -0.354 e. The molecule has 2 N–H and O–H groups in total. The van der Waals surface area contributed by atoms with Gasteiger partial charge in [0.1, 0.15) is 0 Å². The van der Waals surface area contributed by atoms with Crippen LogP contribution in [-0.4, -0.2) is 27.5 Å². The van der Waals surface area contributed by atoms with Gasteiger partial charge in [-0.3, -0.25) is 0 Å². The molecular formula is C14H24ClN5. The van der Waals surface area contributed by atoms with Gasteiger partial charge in [-0.2, -0.15) is 15.0 Å². The maximum absolute atomic E-state index is 5.96. The molecule has 0 spiro atoms. The summed E-state index contributed by atoms with van der Waals surface area (Å²) in [7, 11) is 0. The molecular weight excluding hydrogens is 274 g/mol. The Bertz CT molecular complexity index is 430. The molecule has 6 heteroatoms. The lowest BCUT2D eigenvalue weighted by Crippen LogP contribution is -2.31. The predicted octanol–water partition coefficient (Wildman–Crippen LogP) is 3.58. The zero-order chi connectivity index (χ0) is 14.5. The summed E-state index contributed by atoms with van der Waals surface area (Å²) in [6.45, 7) is 7.54. The van der Waals surface area contributed by atoms with Crippen LogP contribution in [-0.2, 0) is 0 Å². The minimum absolute atomic E-state index is 0.234. The molecule has 112 valence electrons. The van der Waals surface area contributed by atoms with Crippen LogP contribution in [0.15, 0.2) is 0 Å². The highest BCUT2D eigenvalue weighted by Crippen LogP contribution is 2.30. The Morgan fingerprint density at radius 2 is 1.70 bits per heavy atom. The van der Waals surface area contributed by atoms with Gasteiger partial charge >= 0.3 is 0 Å². The van der Waals surface area contributed by atoms with Crippen LogP contribution in [0.25, 0.3) is 0 Å². The molecule has 20 heavy (non-hydrogen) atoms. The molecule has 0 aliphatic heterocycles. The summed E-state index contributed by atoms with van der Waals surface area (Å²) in [6, 6.07) is 0.422. The van der Waals surface area contributed by atoms with Gasteiger partial charge in [0.2, 0.25) is 17.2 Å². The smallest absolute Gasteiger partial charge is 0.229 e. The van der Waals surface area contributed by atoms with Gasteiger partial charge in [0, 0.05) is 12.6 Å². The number of anilines is 2. The molecule has 2 rings (SSSR count). The van der Waals surface area contributed by atoms with Crippen LogP contribution in [0.5, 0.6) is 0 Å². The van der Waals surface area contributed by atoms with Gasteiger partial charge in [-0.05, 0) is 49.1 Å². The second-order valence-electron chi connectivity index (χ2n) is 5.94. The monoisotopic (exact) mass is 297 g/mol. The first kappa shape index (κ1) is 15.3. The van der Waals surface area contributed by atoms with Crippen LogP contribution in [0.1, 0.15) is 46.5 Å². The molecule has 0 saturated heterocycles. The summed E-state index contributed by atoms with van der Waals surface area (Å²) < 4.78 is 0. The average molecular weight is 298 g/mol. The summed E-state index contributed by atoms with van der Waals surface area (Å²) >= 11 is 5.96. The van der Waals surface area contributed by atoms with Crippen molar-refractivity contribution in [2.24, 2.45) is 11.8 Å². The highest BCUT2D eigenvalue weighted by atomic mass is 35.5. The summed E-state index contributed by atoms with van der Waals surface area (Å²) in [6.07, 6.45) is 4.64. The molecule has 1 aliphatic carbocycles. The Morgan fingerprint density at radius 3 is 2.35 bits per heavy atom. The Hall–Kier alpha value is -1.10. The third-order valence-corrected chi connectivity index (χ3v) is 3.82. The number of aromatic nitrogens is 3. The van der Waals surface area contributed by atoms with Crippen LogP contribution in [0.3, 0.4) is 0 Å². The standard InChI is InChI=1S/C14H24ClN5/c1-4-5-16-13-18-12(15)19-14(20-13)17-11-7-9(2)6-10(3)8-11/h9-11H,4-8H2,1-3H3,(H2,16,17,18,19,20). The molecule has 1 aliphatic rings. The number of nitrogens with one attached hydrogen (secondary N) is 2. The van der Waals surface area contributed by atoms with E-state index in [-0.39, 0.29) is 5.28 Å². The van der Waals surface area contributed by atoms with E-state index in [1.54, 1.807) is 0 Å². The Labute approximate surface area is 126 Å². The molecule has 1 saturated carbocycles. The molecule has 5 nitrogen and oxygen atoms in total. The molecule has 1 fully saturated rings. The Kier molecular flexibility index (Phi) is 5.40. The van der Waals surface area contributed by atoms with Crippen molar-refractivity contribution in [1.82, 2.24) is 15.0 Å². The summed E-state index contributed by atoms with van der Waals surface area (Å²) in [5.41, 5.74) is 0. The molecule has 0 aromatic carbocycles. The van der Waals surface area contributed by atoms with Crippen molar-refractivity contribution in [3.63, 3.8) is 0 Å². The molecule has 1 aromatic rings. The van der Waals surface area contributed by atoms with Crippen LogP contribution < -0.4 is 10.6 Å². The lowest BCUT2D eigenvalue weighted by molar-refractivity contribution is 0.280. The third-order valence-electron chi connectivity index (χ3n) is 3.65. The van der Waals surface area contributed by atoms with Crippen molar-refractivity contribution in [1.29, 1.82) is 0 Å². The number of hydrogen-bond donors (Lipinski definition) is 2. The largest absolute Gasteiger partial charge is 0.354 e. The molecule has 1 heterocycles. The molecule has 2 unspecified atom stereocenters. The van der Waals surface area contributed by atoms with Crippen LogP contribution in [0.4, 0.5) is 11.9 Å². The van der Waals surface area contributed by atoms with E-state index in [1.165, 1.54) is 6.42 Å². The van der Waals surface area contributed by atoms with E-state index in [4.69, 9.17) is 11.6 Å². The fraction of sp³-hybridized carbons (Fsp3) is 0.786. The van der Waals surface area contributed by atoms with E-state index in [0.717, 1.165) is 37.6 Å². The normalized spacial score (nSPS) is 26.3. The third kappa shape index (κ3) is 4.47. The van der Waals surface area contributed by atoms with E-state index < -0.39 is 0 Å². The zero-order valence-electron chi connectivity index (χ0n) is 12.5. The first-order valence-corrected chi connectivity index (χ1v) is 7.86. The first-order valence-electron chi connectivity index (χ1n) is 7.48. The van der Waals surface area contributed by atoms with Gasteiger partial charge in [0.05, 0.1) is 0 Å². The lowest BCUT2D eigenvalue weighted by atomic mass is 9.80. The van der Waals surface area contributed by atoms with Gasteiger partial charge < -0.3 is 10.6 Å². The van der Waals surface area contributed by atoms with Crippen molar-refractivity contribution in [3.8, 4) is 0 Å². The van der Waals surface area contributed by atoms with Gasteiger partial charge in [-0.15, -0.1) is 0 Å². The number of rotatable bonds is 5. The van der Waals surface area contributed by atoms with Crippen molar-refractivity contribution >= 4 is 23.5 Å². The van der Waals surface area contributed by atoms with Crippen LogP contribution in [0, 0.1) is 11.8 Å². The predicted molar refractivity (Wildman–Crippen MR) is 83.2 cm³/mol. The van der Waals surface area contributed by atoms with E-state index >= 15 is 0 Å². The lowest BCUT2D eigenvalue weighted by Gasteiger charge is -2.31. The van der Waals surface area contributed by atoms with E-state index in [0.29, 0.717) is 17.9 Å². The topological polar surface area (TPSA) is 62.7 Å². The molecule has 2 atom stereocenters. The van der Waals surface area contributed by atoms with E-state index in [2.05, 4.69) is 46.4 Å². The van der Waals surface area contributed by atoms with Crippen molar-refractivity contribution in [2.75, 3.05) is 17.2 Å². The van der Waals surface area contributed by atoms with Crippen molar-refractivity contribution in [2.45, 2.75) is 52.5 Å². The number of hydrogen-bond acceptors (Lipinski definition) is 5. The fourth-order valence-electron chi connectivity index (χ4n) is 2.98. The number of halogens is 1. The van der Waals surface area contributed by atoms with Crippen molar-refractivity contribution in [3.05, 3.63) is 5.28 Å². The van der Waals surface area contributed by atoms with Crippen molar-refractivity contribution < 1.29 is 0 Å². The van der Waals surface area contributed by atoms with E-state index in [1.807, 2.05) is 0 Å². The zero-order valence-corrected chi connectivity index (χ0v) is 13.2. The second-order valence-corrected chi connectivity index (χ2v) is 6.28. The Balaban J connectivity index is 2.02. The highest BCUT2D eigenvalue weighted by molar-refractivity contribution is 6.28. The minimum atomic E-state index is 0.234. The molecule has 0 bridgehead atoms. The summed E-state index contributed by atoms with van der Waals surface area (Å²) in [5.74, 6) is 2.61. The van der Waals surface area contributed by atoms with Gasteiger partial charge in [0.25, 0.3) is 0 Å². The van der Waals surface area contributed by atoms with Crippen LogP contribution in [0.2, 0.25) is 5.28 Å². The molecule has 0 radical (unpaired) electrons. The maximum atomic E-state index is 5.96. The summed E-state index contributed by atoms with van der Waals surface area (Å²) in [4.78, 5) is 12.7. The van der Waals surface area contributed by atoms with Gasteiger partial charge in [-0.25, -0.2) is 0 Å². The highest BCUT2D eigenvalue weighted by Gasteiger charge is 2.24. The fourth-order valence-corrected chi connectivity index (χ4v) is 3.14. The Morgan fingerprint density at radius 1 is 1.05 bits per heavy atom. The number of nitrogens with zero attached hydrogens (tertiary/aromatic N) is 3. The van der Waals surface area contributed by atoms with Gasteiger partial charge in [0.15, 0.2) is 0 Å². The SMILES string of the molecule is CCCNc1nc(Cl)nc(NC2CC(C)CC(C)C2)n1. The van der Waals surface area contributed by atoms with Crippen LogP contribution >= 0.6 is 11.6 Å². The van der Waals surface area contributed by atoms with E-state index in [9.17, 15) is 0 Å². The molecule has 0 amide bonds. The second kappa shape index (κ2) is 7.07. The summed E-state index contributed by atoms with van der Waals surface area (Å²) in [5, 5.41) is 6.79.